The summed E-state index contributed by atoms with van der Waals surface area (Å²) in [5.74, 6) is 0.425. The van der Waals surface area contributed by atoms with E-state index >= 15 is 0 Å². The Kier molecular flexibility index (Phi) is 5.87. The zero-order valence-electron chi connectivity index (χ0n) is 12.7. The van der Waals surface area contributed by atoms with Gasteiger partial charge < -0.3 is 20.7 Å². The molecule has 0 aliphatic carbocycles. The van der Waals surface area contributed by atoms with E-state index in [9.17, 15) is 4.79 Å². The van der Waals surface area contributed by atoms with Gasteiger partial charge in [0.25, 0.3) is 0 Å². The first-order chi connectivity index (χ1) is 10.1. The zero-order chi connectivity index (χ0) is 15.1. The molecule has 1 atom stereocenters. The molecule has 1 fully saturated rings. The van der Waals surface area contributed by atoms with Crippen molar-refractivity contribution in [3.05, 3.63) is 24.3 Å². The lowest BCUT2D eigenvalue weighted by molar-refractivity contribution is -0.118. The molecule has 1 amide bonds. The normalized spacial score (nSPS) is 19.8. The van der Waals surface area contributed by atoms with E-state index in [1.807, 2.05) is 24.3 Å². The summed E-state index contributed by atoms with van der Waals surface area (Å²) in [5.41, 5.74) is 6.19. The Labute approximate surface area is 126 Å². The Hall–Kier alpha value is -1.75. The molecule has 21 heavy (non-hydrogen) atoms. The minimum Gasteiger partial charge on any atom is -0.493 e. The summed E-state index contributed by atoms with van der Waals surface area (Å²) < 4.78 is 5.46. The van der Waals surface area contributed by atoms with Crippen LogP contribution >= 0.6 is 0 Å². The number of carbonyl (C=O) groups excluding carboxylic acids is 1. The van der Waals surface area contributed by atoms with Crippen molar-refractivity contribution in [3.8, 4) is 5.75 Å². The van der Waals surface area contributed by atoms with Crippen molar-refractivity contribution in [3.63, 3.8) is 0 Å². The maximum absolute atomic E-state index is 10.6. The van der Waals surface area contributed by atoms with Crippen molar-refractivity contribution in [2.45, 2.75) is 31.7 Å². The predicted molar refractivity (Wildman–Crippen MR) is 84.5 cm³/mol. The monoisotopic (exact) mass is 291 g/mol. The van der Waals surface area contributed by atoms with Crippen LogP contribution in [0.5, 0.6) is 5.75 Å². The third-order valence-corrected chi connectivity index (χ3v) is 3.79. The number of hydrogen-bond donors (Lipinski definition) is 2. The van der Waals surface area contributed by atoms with Crippen LogP contribution in [0.4, 0.5) is 5.69 Å². The van der Waals surface area contributed by atoms with Gasteiger partial charge in [0, 0.05) is 11.7 Å². The van der Waals surface area contributed by atoms with Crippen molar-refractivity contribution in [1.82, 2.24) is 4.90 Å². The van der Waals surface area contributed by atoms with E-state index in [1.165, 1.54) is 25.8 Å². The van der Waals surface area contributed by atoms with Crippen LogP contribution in [0.1, 0.15) is 25.7 Å². The average Bonchev–Trinajstić information content (AvgIpc) is 2.65. The molecule has 1 aliphatic heterocycles. The lowest BCUT2D eigenvalue weighted by atomic mass is 10.1. The molecule has 2 rings (SSSR count). The van der Waals surface area contributed by atoms with Crippen molar-refractivity contribution in [1.29, 1.82) is 0 Å². The number of hydrogen-bond acceptors (Lipinski definition) is 4. The Bertz CT molecular complexity index is 447. The maximum Gasteiger partial charge on any atom is 0.220 e. The second kappa shape index (κ2) is 7.88. The highest BCUT2D eigenvalue weighted by molar-refractivity contribution is 5.73. The summed E-state index contributed by atoms with van der Waals surface area (Å²) in [4.78, 5) is 13.0. The molecule has 3 N–H and O–H groups in total. The van der Waals surface area contributed by atoms with Crippen LogP contribution in [-0.4, -0.2) is 43.6 Å². The van der Waals surface area contributed by atoms with Gasteiger partial charge in [0.05, 0.1) is 13.0 Å². The molecule has 1 aromatic rings. The average molecular weight is 291 g/mol. The standard InChI is InChI=1S/C16H25N3O2/c1-19-10-2-3-13(8-11-19)18-14-4-6-15(7-5-14)21-12-9-16(17)20/h4-7,13,18H,2-3,8-12H2,1H3,(H2,17,20). The molecule has 1 aromatic carbocycles. The Morgan fingerprint density at radius 2 is 2.10 bits per heavy atom. The van der Waals surface area contributed by atoms with Gasteiger partial charge in [0.15, 0.2) is 0 Å². The topological polar surface area (TPSA) is 67.6 Å². The predicted octanol–water partition coefficient (Wildman–Crippen LogP) is 1.84. The molecule has 1 saturated heterocycles. The number of ether oxygens (including phenoxy) is 1. The Balaban J connectivity index is 1.80. The smallest absolute Gasteiger partial charge is 0.220 e. The van der Waals surface area contributed by atoms with Gasteiger partial charge in [-0.05, 0) is 63.7 Å². The molecule has 0 bridgehead atoms. The summed E-state index contributed by atoms with van der Waals surface area (Å²) in [7, 11) is 2.18. The number of primary amides is 1. The van der Waals surface area contributed by atoms with Gasteiger partial charge in [-0.15, -0.1) is 0 Å². The lowest BCUT2D eigenvalue weighted by Gasteiger charge is -2.18. The maximum atomic E-state index is 10.6. The van der Waals surface area contributed by atoms with E-state index in [1.54, 1.807) is 0 Å². The molecule has 1 unspecified atom stereocenters. The third-order valence-electron chi connectivity index (χ3n) is 3.79. The Morgan fingerprint density at radius 1 is 1.33 bits per heavy atom. The molecule has 0 radical (unpaired) electrons. The summed E-state index contributed by atoms with van der Waals surface area (Å²) >= 11 is 0. The van der Waals surface area contributed by atoms with Crippen LogP contribution in [-0.2, 0) is 4.79 Å². The van der Waals surface area contributed by atoms with Crippen molar-refractivity contribution >= 4 is 11.6 Å². The zero-order valence-corrected chi connectivity index (χ0v) is 12.7. The molecular weight excluding hydrogens is 266 g/mol. The number of benzene rings is 1. The fraction of sp³-hybridized carbons (Fsp3) is 0.562. The quantitative estimate of drug-likeness (QED) is 0.839. The number of anilines is 1. The third kappa shape index (κ3) is 5.63. The van der Waals surface area contributed by atoms with E-state index in [0.29, 0.717) is 12.6 Å². The highest BCUT2D eigenvalue weighted by Crippen LogP contribution is 2.19. The molecule has 116 valence electrons. The van der Waals surface area contributed by atoms with Crippen LogP contribution in [0, 0.1) is 0 Å². The second-order valence-corrected chi connectivity index (χ2v) is 5.66. The molecule has 5 heteroatoms. The second-order valence-electron chi connectivity index (χ2n) is 5.66. The number of nitrogens with one attached hydrogen (secondary N) is 1. The van der Waals surface area contributed by atoms with Crippen LogP contribution in [0.25, 0.3) is 0 Å². The van der Waals surface area contributed by atoms with Crippen molar-refractivity contribution < 1.29 is 9.53 Å². The molecular formula is C16H25N3O2. The van der Waals surface area contributed by atoms with E-state index in [-0.39, 0.29) is 12.3 Å². The largest absolute Gasteiger partial charge is 0.493 e. The summed E-state index contributed by atoms with van der Waals surface area (Å²) in [6.45, 7) is 2.66. The van der Waals surface area contributed by atoms with Crippen molar-refractivity contribution in [2.75, 3.05) is 32.1 Å². The minimum absolute atomic E-state index is 0.246. The van der Waals surface area contributed by atoms with Gasteiger partial charge in [-0.1, -0.05) is 0 Å². The van der Waals surface area contributed by atoms with E-state index in [0.717, 1.165) is 18.0 Å². The fourth-order valence-corrected chi connectivity index (χ4v) is 2.54. The first-order valence-corrected chi connectivity index (χ1v) is 7.60. The van der Waals surface area contributed by atoms with E-state index < -0.39 is 0 Å². The number of nitrogens with zero attached hydrogens (tertiary/aromatic N) is 1. The van der Waals surface area contributed by atoms with Crippen LogP contribution < -0.4 is 15.8 Å². The molecule has 0 spiro atoms. The molecule has 5 nitrogen and oxygen atoms in total. The van der Waals surface area contributed by atoms with Crippen LogP contribution in [0.2, 0.25) is 0 Å². The number of carbonyl (C=O) groups is 1. The molecule has 1 aliphatic rings. The fourth-order valence-electron chi connectivity index (χ4n) is 2.54. The summed E-state index contributed by atoms with van der Waals surface area (Å²) in [5, 5.41) is 3.59. The highest BCUT2D eigenvalue weighted by Gasteiger charge is 2.14. The van der Waals surface area contributed by atoms with Crippen LogP contribution in [0.15, 0.2) is 24.3 Å². The Morgan fingerprint density at radius 3 is 2.81 bits per heavy atom. The van der Waals surface area contributed by atoms with E-state index in [4.69, 9.17) is 10.5 Å². The SMILES string of the molecule is CN1CCCC(Nc2ccc(OCCC(N)=O)cc2)CC1. The first-order valence-electron chi connectivity index (χ1n) is 7.60. The number of likely N-dealkylation sites (tertiary alicyclic amines) is 1. The van der Waals surface area contributed by atoms with Gasteiger partial charge in [-0.25, -0.2) is 0 Å². The van der Waals surface area contributed by atoms with Gasteiger partial charge in [-0.2, -0.15) is 0 Å². The molecule has 0 saturated carbocycles. The van der Waals surface area contributed by atoms with Crippen molar-refractivity contribution in [2.24, 2.45) is 5.73 Å². The van der Waals surface area contributed by atoms with E-state index in [2.05, 4.69) is 17.3 Å². The minimum atomic E-state index is -0.341. The molecule has 1 heterocycles. The van der Waals surface area contributed by atoms with Gasteiger partial charge in [0.2, 0.25) is 5.91 Å². The number of amides is 1. The molecule has 0 aromatic heterocycles. The first kappa shape index (κ1) is 15.6. The van der Waals surface area contributed by atoms with Gasteiger partial charge in [0.1, 0.15) is 5.75 Å². The number of rotatable bonds is 6. The highest BCUT2D eigenvalue weighted by atomic mass is 16.5. The van der Waals surface area contributed by atoms with Gasteiger partial charge >= 0.3 is 0 Å². The number of nitrogens with two attached hydrogens (primary N) is 1. The summed E-state index contributed by atoms with van der Waals surface area (Å²) in [6.07, 6.45) is 3.87. The lowest BCUT2D eigenvalue weighted by Crippen LogP contribution is -2.22. The van der Waals surface area contributed by atoms with Crippen LogP contribution in [0.3, 0.4) is 0 Å². The van der Waals surface area contributed by atoms with Gasteiger partial charge in [-0.3, -0.25) is 4.79 Å². The summed E-state index contributed by atoms with van der Waals surface area (Å²) in [6, 6.07) is 8.43.